The van der Waals surface area contributed by atoms with Gasteiger partial charge in [0.15, 0.2) is 6.29 Å². The molecule has 0 saturated carbocycles. The maximum absolute atomic E-state index is 11.7. The van der Waals surface area contributed by atoms with Crippen LogP contribution in [0, 0.1) is 0 Å². The molecular formula is C15H17NO5S. The molecule has 0 bridgehead atoms. The van der Waals surface area contributed by atoms with E-state index in [-0.39, 0.29) is 11.4 Å². The van der Waals surface area contributed by atoms with Crippen molar-refractivity contribution in [2.75, 3.05) is 20.1 Å². The van der Waals surface area contributed by atoms with E-state index in [2.05, 4.69) is 10.1 Å². The van der Waals surface area contributed by atoms with Crippen molar-refractivity contribution >= 4 is 29.8 Å². The van der Waals surface area contributed by atoms with Crippen molar-refractivity contribution in [3.63, 3.8) is 0 Å². The average Bonchev–Trinajstić information content (AvgIpc) is 3.04. The molecule has 3 atom stereocenters. The molecule has 1 heterocycles. The molecular weight excluding hydrogens is 306 g/mol. The fourth-order valence-electron chi connectivity index (χ4n) is 2.43. The maximum atomic E-state index is 11.7. The number of hydrogen-bond acceptors (Lipinski definition) is 7. The van der Waals surface area contributed by atoms with Crippen LogP contribution in [0.5, 0.6) is 0 Å². The fourth-order valence-corrected chi connectivity index (χ4v) is 3.77. The fraction of sp³-hybridized carbons (Fsp3) is 0.400. The van der Waals surface area contributed by atoms with Crippen LogP contribution in [-0.2, 0) is 19.1 Å². The standard InChI is InChI=1S/C15H17NO5S/c1-20-13(14-12(11(18)7-17)16-8-22-14)9-3-5-10(6-4-9)15(19)21-2/h3-7,12-14,16H,8H2,1-2H3. The zero-order chi connectivity index (χ0) is 16.1. The Hall–Kier alpha value is -1.70. The van der Waals surface area contributed by atoms with Gasteiger partial charge >= 0.3 is 5.97 Å². The number of hydrogen-bond donors (Lipinski definition) is 1. The van der Waals surface area contributed by atoms with Crippen molar-refractivity contribution in [1.82, 2.24) is 5.32 Å². The highest BCUT2D eigenvalue weighted by atomic mass is 32.2. The predicted molar refractivity (Wildman–Crippen MR) is 81.8 cm³/mol. The maximum Gasteiger partial charge on any atom is 0.337 e. The van der Waals surface area contributed by atoms with E-state index < -0.39 is 17.8 Å². The second-order valence-electron chi connectivity index (χ2n) is 4.75. The lowest BCUT2D eigenvalue weighted by atomic mass is 9.98. The van der Waals surface area contributed by atoms with Gasteiger partial charge in [0.1, 0.15) is 0 Å². The zero-order valence-electron chi connectivity index (χ0n) is 12.3. The Bertz CT molecular complexity index is 560. The first kappa shape index (κ1) is 16.7. The Morgan fingerprint density at radius 2 is 2.00 bits per heavy atom. The minimum Gasteiger partial charge on any atom is -0.465 e. The monoisotopic (exact) mass is 323 g/mol. The number of ether oxygens (including phenoxy) is 2. The van der Waals surface area contributed by atoms with Crippen molar-refractivity contribution in [2.24, 2.45) is 0 Å². The van der Waals surface area contributed by atoms with Gasteiger partial charge in [-0.05, 0) is 17.7 Å². The number of thioether (sulfide) groups is 1. The Morgan fingerprint density at radius 3 is 2.55 bits per heavy atom. The Morgan fingerprint density at radius 1 is 1.32 bits per heavy atom. The van der Waals surface area contributed by atoms with Crippen LogP contribution in [0.25, 0.3) is 0 Å². The van der Waals surface area contributed by atoms with Gasteiger partial charge in [-0.1, -0.05) is 12.1 Å². The number of rotatable bonds is 6. The average molecular weight is 323 g/mol. The lowest BCUT2D eigenvalue weighted by Gasteiger charge is -2.25. The van der Waals surface area contributed by atoms with Crippen molar-refractivity contribution in [3.8, 4) is 0 Å². The van der Waals surface area contributed by atoms with Crippen LogP contribution < -0.4 is 5.32 Å². The van der Waals surface area contributed by atoms with Gasteiger partial charge in [-0.25, -0.2) is 4.79 Å². The number of carbonyl (C=O) groups excluding carboxylic acids is 3. The van der Waals surface area contributed by atoms with Crippen LogP contribution >= 0.6 is 11.8 Å². The second-order valence-corrected chi connectivity index (χ2v) is 5.91. The van der Waals surface area contributed by atoms with Crippen molar-refractivity contribution < 1.29 is 23.9 Å². The summed E-state index contributed by atoms with van der Waals surface area (Å²) in [7, 11) is 2.88. The third-order valence-corrected chi connectivity index (χ3v) is 4.78. The summed E-state index contributed by atoms with van der Waals surface area (Å²) in [6.45, 7) is 0. The molecule has 1 saturated heterocycles. The van der Waals surface area contributed by atoms with E-state index in [1.165, 1.54) is 18.9 Å². The highest BCUT2D eigenvalue weighted by Crippen LogP contribution is 2.35. The summed E-state index contributed by atoms with van der Waals surface area (Å²) in [6.07, 6.45) is -0.0236. The van der Waals surface area contributed by atoms with Gasteiger partial charge in [0, 0.05) is 13.0 Å². The third kappa shape index (κ3) is 3.37. The lowest BCUT2D eigenvalue weighted by molar-refractivity contribution is -0.131. The molecule has 2 rings (SSSR count). The molecule has 7 heteroatoms. The predicted octanol–water partition coefficient (Wildman–Crippen LogP) is 0.960. The van der Waals surface area contributed by atoms with Crippen LogP contribution in [0.3, 0.4) is 0 Å². The first-order valence-electron chi connectivity index (χ1n) is 6.67. The summed E-state index contributed by atoms with van der Waals surface area (Å²) in [5.74, 6) is -0.315. The molecule has 0 radical (unpaired) electrons. The van der Waals surface area contributed by atoms with E-state index in [1.807, 2.05) is 0 Å². The van der Waals surface area contributed by atoms with E-state index in [0.29, 0.717) is 17.7 Å². The van der Waals surface area contributed by atoms with Gasteiger partial charge < -0.3 is 9.47 Å². The molecule has 1 fully saturated rings. The minimum absolute atomic E-state index is 0.202. The molecule has 0 amide bonds. The largest absolute Gasteiger partial charge is 0.465 e. The van der Waals surface area contributed by atoms with Crippen molar-refractivity contribution in [1.29, 1.82) is 0 Å². The molecule has 1 aromatic carbocycles. The number of carbonyl (C=O) groups is 3. The van der Waals surface area contributed by atoms with Crippen LogP contribution in [0.4, 0.5) is 0 Å². The number of aldehydes is 1. The van der Waals surface area contributed by atoms with Crippen molar-refractivity contribution in [2.45, 2.75) is 17.4 Å². The molecule has 0 aliphatic carbocycles. The number of nitrogens with one attached hydrogen (secondary N) is 1. The molecule has 0 spiro atoms. The minimum atomic E-state index is -0.562. The second kappa shape index (κ2) is 7.53. The molecule has 22 heavy (non-hydrogen) atoms. The number of ketones is 1. The quantitative estimate of drug-likeness (QED) is 0.474. The summed E-state index contributed by atoms with van der Waals surface area (Å²) in [5, 5.41) is 2.81. The van der Waals surface area contributed by atoms with E-state index in [9.17, 15) is 14.4 Å². The SMILES string of the molecule is COC(=O)c1ccc(C(OC)C2SCNC2C(=O)C=O)cc1. The number of benzene rings is 1. The normalized spacial score (nSPS) is 22.1. The third-order valence-electron chi connectivity index (χ3n) is 3.54. The lowest BCUT2D eigenvalue weighted by Crippen LogP contribution is -2.41. The number of esters is 1. The Balaban J connectivity index is 2.22. The van der Waals surface area contributed by atoms with Crippen LogP contribution in [0.15, 0.2) is 24.3 Å². The molecule has 1 aliphatic heterocycles. The Kier molecular flexibility index (Phi) is 5.70. The van der Waals surface area contributed by atoms with E-state index >= 15 is 0 Å². The van der Waals surface area contributed by atoms with Gasteiger partial charge in [0.05, 0.1) is 30.1 Å². The molecule has 1 aromatic rings. The van der Waals surface area contributed by atoms with Gasteiger partial charge in [-0.15, -0.1) is 11.8 Å². The molecule has 1 N–H and O–H groups in total. The topological polar surface area (TPSA) is 81.7 Å². The van der Waals surface area contributed by atoms with Crippen molar-refractivity contribution in [3.05, 3.63) is 35.4 Å². The summed E-state index contributed by atoms with van der Waals surface area (Å²) in [4.78, 5) is 33.9. The van der Waals surface area contributed by atoms with E-state index in [1.54, 1.807) is 31.4 Å². The molecule has 118 valence electrons. The summed E-state index contributed by atoms with van der Waals surface area (Å²) >= 11 is 1.53. The zero-order valence-corrected chi connectivity index (χ0v) is 13.1. The van der Waals surface area contributed by atoms with Gasteiger partial charge in [-0.3, -0.25) is 14.9 Å². The number of Topliss-reactive ketones (excluding diaryl/α,β-unsaturated/α-hetero) is 1. The van der Waals surface area contributed by atoms with Gasteiger partial charge in [-0.2, -0.15) is 0 Å². The summed E-state index contributed by atoms with van der Waals surface area (Å²) in [5.41, 5.74) is 1.28. The van der Waals surface area contributed by atoms with Crippen LogP contribution in [-0.4, -0.2) is 49.4 Å². The van der Waals surface area contributed by atoms with E-state index in [0.717, 1.165) is 5.56 Å². The summed E-state index contributed by atoms with van der Waals surface area (Å²) < 4.78 is 10.2. The smallest absolute Gasteiger partial charge is 0.337 e. The molecule has 0 aromatic heterocycles. The van der Waals surface area contributed by atoms with Crippen LogP contribution in [0.2, 0.25) is 0 Å². The first-order valence-corrected chi connectivity index (χ1v) is 7.72. The summed E-state index contributed by atoms with van der Waals surface area (Å²) in [6, 6.07) is 6.27. The first-order chi connectivity index (χ1) is 10.6. The molecule has 3 unspecified atom stereocenters. The van der Waals surface area contributed by atoms with Gasteiger partial charge in [0.25, 0.3) is 0 Å². The van der Waals surface area contributed by atoms with Gasteiger partial charge in [0.2, 0.25) is 5.78 Å². The molecule has 6 nitrogen and oxygen atoms in total. The Labute approximate surface area is 132 Å². The molecule has 1 aliphatic rings. The number of methoxy groups -OCH3 is 2. The highest BCUT2D eigenvalue weighted by Gasteiger charge is 2.39. The highest BCUT2D eigenvalue weighted by molar-refractivity contribution is 8.00. The van der Waals surface area contributed by atoms with E-state index in [4.69, 9.17) is 4.74 Å². The van der Waals surface area contributed by atoms with Crippen LogP contribution in [0.1, 0.15) is 22.0 Å².